The van der Waals surface area contributed by atoms with Crippen LogP contribution in [0, 0.1) is 17.8 Å². The van der Waals surface area contributed by atoms with Crippen molar-refractivity contribution in [1.29, 1.82) is 0 Å². The van der Waals surface area contributed by atoms with Gasteiger partial charge in [0, 0.05) is 6.61 Å². The monoisotopic (exact) mass is 188 g/mol. The Labute approximate surface area is 82.0 Å². The molecule has 0 aromatic carbocycles. The van der Waals surface area contributed by atoms with Crippen molar-refractivity contribution < 1.29 is 10.2 Å². The van der Waals surface area contributed by atoms with Crippen LogP contribution in [0.3, 0.4) is 0 Å². The van der Waals surface area contributed by atoms with Gasteiger partial charge in [-0.05, 0) is 24.2 Å². The highest BCUT2D eigenvalue weighted by atomic mass is 16.3. The summed E-state index contributed by atoms with van der Waals surface area (Å²) in [6.07, 6.45) is 0.679. The summed E-state index contributed by atoms with van der Waals surface area (Å²) in [5.74, 6) is 0.651. The largest absolute Gasteiger partial charge is 0.396 e. The molecule has 0 aromatic heterocycles. The van der Waals surface area contributed by atoms with Crippen LogP contribution in [0.4, 0.5) is 0 Å². The van der Waals surface area contributed by atoms with Crippen LogP contribution >= 0.6 is 0 Å². The molecule has 0 radical (unpaired) electrons. The predicted molar refractivity (Wildman–Crippen MR) is 55.5 cm³/mol. The first-order valence-corrected chi connectivity index (χ1v) is 5.17. The first kappa shape index (κ1) is 12.9. The molecule has 2 nitrogen and oxygen atoms in total. The topological polar surface area (TPSA) is 40.5 Å². The molecule has 2 heteroatoms. The first-order valence-electron chi connectivity index (χ1n) is 5.17. The molecule has 80 valence electrons. The van der Waals surface area contributed by atoms with Crippen molar-refractivity contribution in [1.82, 2.24) is 0 Å². The van der Waals surface area contributed by atoms with Gasteiger partial charge in [-0.15, -0.1) is 0 Å². The number of hydrogen-bond acceptors (Lipinski definition) is 2. The van der Waals surface area contributed by atoms with Crippen LogP contribution in [0.1, 0.15) is 41.0 Å². The third-order valence-electron chi connectivity index (χ3n) is 2.99. The zero-order valence-electron chi connectivity index (χ0n) is 9.54. The van der Waals surface area contributed by atoms with Crippen LogP contribution in [0.15, 0.2) is 0 Å². The van der Waals surface area contributed by atoms with Gasteiger partial charge < -0.3 is 10.2 Å². The van der Waals surface area contributed by atoms with Gasteiger partial charge in [-0.3, -0.25) is 0 Å². The maximum Gasteiger partial charge on any atom is 0.0696 e. The second kappa shape index (κ2) is 4.97. The van der Waals surface area contributed by atoms with E-state index in [2.05, 4.69) is 0 Å². The number of aliphatic hydroxyl groups is 2. The molecule has 0 saturated heterocycles. The van der Waals surface area contributed by atoms with E-state index in [0.29, 0.717) is 6.42 Å². The van der Waals surface area contributed by atoms with Crippen molar-refractivity contribution in [2.45, 2.75) is 46.6 Å². The lowest BCUT2D eigenvalue weighted by atomic mass is 9.75. The summed E-state index contributed by atoms with van der Waals surface area (Å²) >= 11 is 0. The van der Waals surface area contributed by atoms with Crippen LogP contribution in [-0.2, 0) is 0 Å². The number of rotatable bonds is 5. The highest BCUT2D eigenvalue weighted by Crippen LogP contribution is 2.32. The molecule has 1 unspecified atom stereocenters. The molecule has 0 aliphatic carbocycles. The second-order valence-electron chi connectivity index (χ2n) is 4.79. The average molecular weight is 188 g/mol. The Balaban J connectivity index is 4.42. The minimum atomic E-state index is -0.637. The van der Waals surface area contributed by atoms with Crippen LogP contribution in [0.25, 0.3) is 0 Å². The molecule has 0 saturated carbocycles. The molecule has 0 amide bonds. The Morgan fingerprint density at radius 2 is 1.38 bits per heavy atom. The van der Waals surface area contributed by atoms with E-state index in [1.165, 1.54) is 0 Å². The summed E-state index contributed by atoms with van der Waals surface area (Å²) in [5.41, 5.74) is -0.637. The number of hydrogen-bond donors (Lipinski definition) is 2. The smallest absolute Gasteiger partial charge is 0.0696 e. The van der Waals surface area contributed by atoms with E-state index in [1.54, 1.807) is 0 Å². The molecule has 0 fully saturated rings. The summed E-state index contributed by atoms with van der Waals surface area (Å²) < 4.78 is 0. The minimum Gasteiger partial charge on any atom is -0.396 e. The van der Waals surface area contributed by atoms with Crippen molar-refractivity contribution >= 4 is 0 Å². The SMILES string of the molecule is CC(CO)CC(O)(C(C)C)C(C)C. The summed E-state index contributed by atoms with van der Waals surface area (Å²) in [6, 6.07) is 0. The molecule has 0 aliphatic rings. The molecule has 1 atom stereocenters. The van der Waals surface area contributed by atoms with Crippen LogP contribution in [0.5, 0.6) is 0 Å². The maximum atomic E-state index is 10.4. The molecule has 13 heavy (non-hydrogen) atoms. The first-order chi connectivity index (χ1) is 5.84. The van der Waals surface area contributed by atoms with Gasteiger partial charge in [-0.1, -0.05) is 34.6 Å². The molecule has 0 aromatic rings. The summed E-state index contributed by atoms with van der Waals surface area (Å²) in [4.78, 5) is 0. The van der Waals surface area contributed by atoms with Crippen molar-refractivity contribution in [3.63, 3.8) is 0 Å². The summed E-state index contributed by atoms with van der Waals surface area (Å²) in [7, 11) is 0. The van der Waals surface area contributed by atoms with Gasteiger partial charge in [0.2, 0.25) is 0 Å². The molecular weight excluding hydrogens is 164 g/mol. The highest BCUT2D eigenvalue weighted by Gasteiger charge is 2.35. The zero-order chi connectivity index (χ0) is 10.6. The number of aliphatic hydroxyl groups excluding tert-OH is 1. The Hall–Kier alpha value is -0.0800. The Bertz CT molecular complexity index is 133. The fourth-order valence-electron chi connectivity index (χ4n) is 1.76. The van der Waals surface area contributed by atoms with E-state index in [0.717, 1.165) is 0 Å². The van der Waals surface area contributed by atoms with E-state index in [9.17, 15) is 5.11 Å². The van der Waals surface area contributed by atoms with Crippen molar-refractivity contribution in [2.75, 3.05) is 6.61 Å². The fraction of sp³-hybridized carbons (Fsp3) is 1.00. The second-order valence-corrected chi connectivity index (χ2v) is 4.79. The normalized spacial score (nSPS) is 15.5. The molecule has 0 aliphatic heterocycles. The van der Waals surface area contributed by atoms with Crippen molar-refractivity contribution in [3.8, 4) is 0 Å². The standard InChI is InChI=1S/C11H24O2/c1-8(2)11(13,9(3)4)6-10(5)7-12/h8-10,12-13H,6-7H2,1-5H3. The lowest BCUT2D eigenvalue weighted by Gasteiger charge is -2.38. The van der Waals surface area contributed by atoms with Gasteiger partial charge in [0.25, 0.3) is 0 Å². The summed E-state index contributed by atoms with van der Waals surface area (Å²) in [5, 5.41) is 19.3. The fourth-order valence-corrected chi connectivity index (χ4v) is 1.76. The van der Waals surface area contributed by atoms with E-state index < -0.39 is 5.60 Å². The molecule has 0 bridgehead atoms. The third-order valence-corrected chi connectivity index (χ3v) is 2.99. The van der Waals surface area contributed by atoms with Gasteiger partial charge in [0.05, 0.1) is 5.60 Å². The maximum absolute atomic E-state index is 10.4. The summed E-state index contributed by atoms with van der Waals surface area (Å²) in [6.45, 7) is 10.2. The van der Waals surface area contributed by atoms with E-state index >= 15 is 0 Å². The quantitative estimate of drug-likeness (QED) is 0.693. The van der Waals surface area contributed by atoms with Crippen LogP contribution in [-0.4, -0.2) is 22.4 Å². The highest BCUT2D eigenvalue weighted by molar-refractivity contribution is 4.86. The van der Waals surface area contributed by atoms with E-state index in [1.807, 2.05) is 34.6 Å². The van der Waals surface area contributed by atoms with E-state index in [4.69, 9.17) is 5.11 Å². The predicted octanol–water partition coefficient (Wildman–Crippen LogP) is 2.05. The Morgan fingerprint density at radius 1 is 1.00 bits per heavy atom. The van der Waals surface area contributed by atoms with Crippen molar-refractivity contribution in [3.05, 3.63) is 0 Å². The van der Waals surface area contributed by atoms with Crippen LogP contribution < -0.4 is 0 Å². The van der Waals surface area contributed by atoms with Crippen LogP contribution in [0.2, 0.25) is 0 Å². The third kappa shape index (κ3) is 3.28. The zero-order valence-corrected chi connectivity index (χ0v) is 9.54. The van der Waals surface area contributed by atoms with Gasteiger partial charge in [-0.2, -0.15) is 0 Å². The van der Waals surface area contributed by atoms with Gasteiger partial charge in [-0.25, -0.2) is 0 Å². The lowest BCUT2D eigenvalue weighted by molar-refractivity contribution is -0.0683. The molecule has 0 spiro atoms. The van der Waals surface area contributed by atoms with Crippen molar-refractivity contribution in [2.24, 2.45) is 17.8 Å². The van der Waals surface area contributed by atoms with Gasteiger partial charge in [0.15, 0.2) is 0 Å². The van der Waals surface area contributed by atoms with Gasteiger partial charge >= 0.3 is 0 Å². The molecule has 2 N–H and O–H groups in total. The molecule has 0 rings (SSSR count). The van der Waals surface area contributed by atoms with E-state index in [-0.39, 0.29) is 24.4 Å². The Morgan fingerprint density at radius 3 is 1.62 bits per heavy atom. The average Bonchev–Trinajstić information content (AvgIpc) is 2.03. The molecular formula is C11H24O2. The molecule has 0 heterocycles. The minimum absolute atomic E-state index is 0.155. The Kier molecular flexibility index (Phi) is 4.93. The lowest BCUT2D eigenvalue weighted by Crippen LogP contribution is -2.42. The van der Waals surface area contributed by atoms with Gasteiger partial charge in [0.1, 0.15) is 0 Å².